The SMILES string of the molecule is CCCC/C=C\CCCCCCCC(=O)OC[C@H](COP(=O)(O)OCCN)OC(=O)C/C=C\C[C@H]1[C@@H](/C=C/[C@H](O)CCCCC)[C@H](O)C[C@@H]1O. The van der Waals surface area contributed by atoms with E-state index >= 15 is 0 Å². The van der Waals surface area contributed by atoms with Gasteiger partial charge in [-0.25, -0.2) is 4.57 Å². The van der Waals surface area contributed by atoms with Gasteiger partial charge in [0, 0.05) is 25.3 Å². The maximum atomic E-state index is 12.7. The Bertz CT molecular complexity index is 1040. The molecule has 0 heterocycles. The van der Waals surface area contributed by atoms with Crippen molar-refractivity contribution in [2.75, 3.05) is 26.4 Å². The van der Waals surface area contributed by atoms with Crippen molar-refractivity contribution in [3.8, 4) is 0 Å². The van der Waals surface area contributed by atoms with Crippen LogP contribution in [0, 0.1) is 11.8 Å². The van der Waals surface area contributed by atoms with Crippen LogP contribution in [0.4, 0.5) is 0 Å². The van der Waals surface area contributed by atoms with Crippen LogP contribution in [0.2, 0.25) is 0 Å². The van der Waals surface area contributed by atoms with Gasteiger partial charge < -0.3 is 35.4 Å². The number of rotatable bonds is 30. The lowest BCUT2D eigenvalue weighted by Gasteiger charge is -2.20. The van der Waals surface area contributed by atoms with Crippen molar-refractivity contribution in [2.45, 2.75) is 147 Å². The summed E-state index contributed by atoms with van der Waals surface area (Å²) in [4.78, 5) is 34.9. The Balaban J connectivity index is 2.58. The van der Waals surface area contributed by atoms with Gasteiger partial charge in [0.05, 0.1) is 37.9 Å². The maximum Gasteiger partial charge on any atom is 0.472 e. The molecule has 0 radical (unpaired) electrons. The smallest absolute Gasteiger partial charge is 0.462 e. The van der Waals surface area contributed by atoms with Crippen molar-refractivity contribution in [3.63, 3.8) is 0 Å². The fourth-order valence-electron chi connectivity index (χ4n) is 5.71. The Morgan fingerprint density at radius 2 is 1.56 bits per heavy atom. The predicted octanol–water partition coefficient (Wildman–Crippen LogP) is 6.20. The molecule has 12 nitrogen and oxygen atoms in total. The molecular formula is C37H66NO11P. The summed E-state index contributed by atoms with van der Waals surface area (Å²) >= 11 is 0. The lowest BCUT2D eigenvalue weighted by molar-refractivity contribution is -0.160. The average Bonchev–Trinajstić information content (AvgIpc) is 3.35. The van der Waals surface area contributed by atoms with Crippen LogP contribution in [0.15, 0.2) is 36.5 Å². The number of hydrogen-bond donors (Lipinski definition) is 5. The van der Waals surface area contributed by atoms with Gasteiger partial charge in [-0.1, -0.05) is 102 Å². The molecule has 0 aromatic carbocycles. The largest absolute Gasteiger partial charge is 0.472 e. The van der Waals surface area contributed by atoms with Gasteiger partial charge in [0.1, 0.15) is 6.61 Å². The quantitative estimate of drug-likeness (QED) is 0.0243. The molecule has 0 aliphatic heterocycles. The number of allylic oxidation sites excluding steroid dienone is 3. The number of carbonyl (C=O) groups is 2. The highest BCUT2D eigenvalue weighted by Crippen LogP contribution is 2.43. The van der Waals surface area contributed by atoms with E-state index in [0.29, 0.717) is 19.3 Å². The number of aliphatic hydroxyl groups excluding tert-OH is 3. The topological polar surface area (TPSA) is 195 Å². The average molecular weight is 732 g/mol. The zero-order valence-corrected chi connectivity index (χ0v) is 31.3. The van der Waals surface area contributed by atoms with Crippen LogP contribution in [-0.2, 0) is 32.7 Å². The highest BCUT2D eigenvalue weighted by atomic mass is 31.2. The molecule has 1 aliphatic carbocycles. The summed E-state index contributed by atoms with van der Waals surface area (Å²) in [6, 6.07) is 0. The zero-order chi connectivity index (χ0) is 37.0. The first-order valence-electron chi connectivity index (χ1n) is 18.7. The van der Waals surface area contributed by atoms with Crippen molar-refractivity contribution in [1.82, 2.24) is 0 Å². The van der Waals surface area contributed by atoms with Crippen molar-refractivity contribution in [1.29, 1.82) is 0 Å². The third kappa shape index (κ3) is 22.8. The highest BCUT2D eigenvalue weighted by Gasteiger charge is 2.39. The molecule has 1 saturated carbocycles. The van der Waals surface area contributed by atoms with Gasteiger partial charge in [0.2, 0.25) is 0 Å². The summed E-state index contributed by atoms with van der Waals surface area (Å²) in [5.41, 5.74) is 5.32. The van der Waals surface area contributed by atoms with Crippen LogP contribution >= 0.6 is 7.82 Å². The Morgan fingerprint density at radius 3 is 2.28 bits per heavy atom. The fourth-order valence-corrected chi connectivity index (χ4v) is 6.47. The molecule has 290 valence electrons. The van der Waals surface area contributed by atoms with E-state index < -0.39 is 50.8 Å². The Morgan fingerprint density at radius 1 is 0.860 bits per heavy atom. The summed E-state index contributed by atoms with van der Waals surface area (Å²) in [7, 11) is -4.47. The zero-order valence-electron chi connectivity index (χ0n) is 30.4. The minimum atomic E-state index is -4.47. The van der Waals surface area contributed by atoms with Crippen molar-refractivity contribution >= 4 is 19.8 Å². The summed E-state index contributed by atoms with van der Waals surface area (Å²) in [5.74, 6) is -1.77. The van der Waals surface area contributed by atoms with Gasteiger partial charge in [0.15, 0.2) is 6.10 Å². The summed E-state index contributed by atoms with van der Waals surface area (Å²) < 4.78 is 32.5. The molecule has 1 aliphatic rings. The lowest BCUT2D eigenvalue weighted by atomic mass is 9.89. The standard InChI is InChI=1S/C37H66NO11P/c1-3-5-7-8-9-10-11-12-13-14-16-21-36(42)46-28-31(29-48-50(44,45)47-26-25-38)49-37(43)22-18-17-20-32-33(35(41)27-34(32)40)24-23-30(39)19-15-6-4-2/h8-9,17-18,23-24,30-35,39-41H,3-7,10-16,19-22,25-29,38H2,1-2H3,(H,44,45)/b9-8-,18-17-,24-23+/t30-,31-,32+,33-,34+,35-/m1/s1. The van der Waals surface area contributed by atoms with E-state index in [0.717, 1.165) is 57.8 Å². The molecule has 1 unspecified atom stereocenters. The van der Waals surface area contributed by atoms with Gasteiger partial charge in [-0.2, -0.15) is 0 Å². The summed E-state index contributed by atoms with van der Waals surface area (Å²) in [5, 5.41) is 31.2. The predicted molar refractivity (Wildman–Crippen MR) is 194 cm³/mol. The number of phosphoric acid groups is 1. The van der Waals surface area contributed by atoms with E-state index in [4.69, 9.17) is 24.3 Å². The molecule has 0 aromatic heterocycles. The lowest BCUT2D eigenvalue weighted by Crippen LogP contribution is -2.29. The molecule has 0 bridgehead atoms. The van der Waals surface area contributed by atoms with Crippen LogP contribution in [0.25, 0.3) is 0 Å². The minimum Gasteiger partial charge on any atom is -0.462 e. The molecule has 6 N–H and O–H groups in total. The van der Waals surface area contributed by atoms with E-state index in [1.54, 1.807) is 24.3 Å². The van der Waals surface area contributed by atoms with E-state index in [2.05, 4.69) is 26.0 Å². The molecule has 0 aromatic rings. The second-order valence-electron chi connectivity index (χ2n) is 13.1. The molecule has 1 fully saturated rings. The number of hydrogen-bond acceptors (Lipinski definition) is 11. The molecule has 13 heteroatoms. The van der Waals surface area contributed by atoms with Crippen LogP contribution in [0.3, 0.4) is 0 Å². The van der Waals surface area contributed by atoms with Crippen LogP contribution < -0.4 is 5.73 Å². The summed E-state index contributed by atoms with van der Waals surface area (Å²) in [6.07, 6.45) is 21.7. The summed E-state index contributed by atoms with van der Waals surface area (Å²) in [6.45, 7) is 3.16. The first kappa shape index (κ1) is 46.1. The molecule has 0 spiro atoms. The van der Waals surface area contributed by atoms with Gasteiger partial charge in [-0.05, 0) is 44.4 Å². The Hall–Kier alpha value is -1.89. The number of carbonyl (C=O) groups excluding carboxylic acids is 2. The molecular weight excluding hydrogens is 665 g/mol. The highest BCUT2D eigenvalue weighted by molar-refractivity contribution is 7.47. The van der Waals surface area contributed by atoms with E-state index in [1.165, 1.54) is 12.8 Å². The third-order valence-corrected chi connectivity index (χ3v) is 9.59. The number of nitrogens with two attached hydrogens (primary N) is 1. The van der Waals surface area contributed by atoms with E-state index in [9.17, 15) is 34.4 Å². The minimum absolute atomic E-state index is 0.00124. The van der Waals surface area contributed by atoms with Crippen LogP contribution in [0.1, 0.15) is 123 Å². The fraction of sp³-hybridized carbons (Fsp3) is 0.784. The van der Waals surface area contributed by atoms with Crippen molar-refractivity contribution in [3.05, 3.63) is 36.5 Å². The van der Waals surface area contributed by atoms with Gasteiger partial charge >= 0.3 is 19.8 Å². The van der Waals surface area contributed by atoms with Gasteiger partial charge in [-0.3, -0.25) is 18.6 Å². The Kier molecular flexibility index (Phi) is 26.4. The Labute approximate surface area is 300 Å². The van der Waals surface area contributed by atoms with Crippen LogP contribution in [-0.4, -0.2) is 82.9 Å². The number of phosphoric ester groups is 1. The second-order valence-corrected chi connectivity index (χ2v) is 14.5. The number of aliphatic hydroxyl groups is 3. The number of ether oxygens (including phenoxy) is 2. The molecule has 0 amide bonds. The first-order valence-corrected chi connectivity index (χ1v) is 20.2. The number of unbranched alkanes of at least 4 members (excludes halogenated alkanes) is 9. The van der Waals surface area contributed by atoms with Gasteiger partial charge in [-0.15, -0.1) is 0 Å². The number of esters is 2. The van der Waals surface area contributed by atoms with Crippen molar-refractivity contribution in [2.24, 2.45) is 17.6 Å². The molecule has 50 heavy (non-hydrogen) atoms. The second kappa shape index (κ2) is 28.7. The van der Waals surface area contributed by atoms with Crippen molar-refractivity contribution < 1.29 is 52.9 Å². The normalized spacial score (nSPS) is 22.0. The monoisotopic (exact) mass is 731 g/mol. The molecule has 7 atom stereocenters. The first-order chi connectivity index (χ1) is 24.0. The van der Waals surface area contributed by atoms with E-state index in [1.807, 2.05) is 0 Å². The maximum absolute atomic E-state index is 12.7. The van der Waals surface area contributed by atoms with E-state index in [-0.39, 0.29) is 50.9 Å². The van der Waals surface area contributed by atoms with Gasteiger partial charge in [0.25, 0.3) is 0 Å². The molecule has 0 saturated heterocycles. The van der Waals surface area contributed by atoms with Crippen LogP contribution in [0.5, 0.6) is 0 Å². The third-order valence-electron chi connectivity index (χ3n) is 8.60. The molecule has 1 rings (SSSR count).